The molecule has 23 heavy (non-hydrogen) atoms. The first kappa shape index (κ1) is 15.0. The Kier molecular flexibility index (Phi) is 3.81. The second kappa shape index (κ2) is 5.83. The summed E-state index contributed by atoms with van der Waals surface area (Å²) >= 11 is 1.94. The second-order valence-corrected chi connectivity index (χ2v) is 7.49. The number of benzene rings is 1. The highest BCUT2D eigenvalue weighted by atomic mass is 32.2. The molecule has 2 atom stereocenters. The number of nitrogens with one attached hydrogen (secondary N) is 1. The van der Waals surface area contributed by atoms with Crippen molar-refractivity contribution in [2.75, 3.05) is 18.1 Å². The van der Waals surface area contributed by atoms with E-state index in [1.165, 1.54) is 0 Å². The number of hydrogen-bond acceptors (Lipinski definition) is 5. The largest absolute Gasteiger partial charge is 0.441 e. The van der Waals surface area contributed by atoms with Gasteiger partial charge in [0.05, 0.1) is 11.2 Å². The molecule has 2 fully saturated rings. The predicted octanol–water partition coefficient (Wildman–Crippen LogP) is 2.92. The maximum atomic E-state index is 12.7. The smallest absolute Gasteiger partial charge is 0.253 e. The van der Waals surface area contributed by atoms with Gasteiger partial charge in [-0.2, -0.15) is 11.8 Å². The van der Waals surface area contributed by atoms with Gasteiger partial charge in [-0.3, -0.25) is 4.79 Å². The van der Waals surface area contributed by atoms with Crippen LogP contribution >= 0.6 is 11.8 Å². The van der Waals surface area contributed by atoms with E-state index in [1.807, 2.05) is 23.9 Å². The standard InChI is InChI=1S/C17H20N2O3S/c1-11-18-15-13(3-2-4-14(15)22-11)16(20)19-12-5-7-21-17(9-12)6-8-23-10-17/h2-4,12H,5-10H2,1H3,(H,19,20)/t12-,17+/m1/s1. The van der Waals surface area contributed by atoms with Gasteiger partial charge in [-0.25, -0.2) is 4.98 Å². The molecule has 3 heterocycles. The van der Waals surface area contributed by atoms with Crippen LogP contribution in [-0.2, 0) is 4.74 Å². The average molecular weight is 332 g/mol. The van der Waals surface area contributed by atoms with E-state index in [4.69, 9.17) is 9.15 Å². The summed E-state index contributed by atoms with van der Waals surface area (Å²) in [6, 6.07) is 5.64. The summed E-state index contributed by atoms with van der Waals surface area (Å²) in [6.45, 7) is 2.51. The van der Waals surface area contributed by atoms with E-state index in [-0.39, 0.29) is 17.6 Å². The first-order chi connectivity index (χ1) is 11.2. The normalized spacial score (nSPS) is 27.6. The minimum Gasteiger partial charge on any atom is -0.441 e. The van der Waals surface area contributed by atoms with Crippen LogP contribution in [0.2, 0.25) is 0 Å². The predicted molar refractivity (Wildman–Crippen MR) is 89.9 cm³/mol. The fourth-order valence-corrected chi connectivity index (χ4v) is 4.90. The molecule has 0 saturated carbocycles. The third-order valence-corrected chi connectivity index (χ3v) is 5.89. The highest BCUT2D eigenvalue weighted by Gasteiger charge is 2.40. The minimum atomic E-state index is -0.0726. The number of oxazole rings is 1. The molecule has 0 bridgehead atoms. The van der Waals surface area contributed by atoms with Crippen molar-refractivity contribution >= 4 is 28.8 Å². The van der Waals surface area contributed by atoms with Crippen LogP contribution in [0.15, 0.2) is 22.6 Å². The molecule has 122 valence electrons. The highest BCUT2D eigenvalue weighted by molar-refractivity contribution is 7.99. The van der Waals surface area contributed by atoms with Gasteiger partial charge >= 0.3 is 0 Å². The van der Waals surface area contributed by atoms with Crippen LogP contribution in [0.3, 0.4) is 0 Å². The third kappa shape index (κ3) is 2.85. The molecular formula is C17H20N2O3S. The lowest BCUT2D eigenvalue weighted by Gasteiger charge is -2.38. The van der Waals surface area contributed by atoms with E-state index in [2.05, 4.69) is 10.3 Å². The lowest BCUT2D eigenvalue weighted by atomic mass is 9.89. The third-order valence-electron chi connectivity index (χ3n) is 4.67. The monoisotopic (exact) mass is 332 g/mol. The molecule has 2 saturated heterocycles. The van der Waals surface area contributed by atoms with E-state index in [9.17, 15) is 4.79 Å². The lowest BCUT2D eigenvalue weighted by molar-refractivity contribution is -0.0688. The van der Waals surface area contributed by atoms with Crippen molar-refractivity contribution in [2.24, 2.45) is 0 Å². The van der Waals surface area contributed by atoms with Gasteiger partial charge in [-0.1, -0.05) is 6.07 Å². The molecule has 0 unspecified atom stereocenters. The summed E-state index contributed by atoms with van der Waals surface area (Å²) in [4.78, 5) is 17.0. The molecule has 1 N–H and O–H groups in total. The van der Waals surface area contributed by atoms with Gasteiger partial charge in [0.2, 0.25) is 0 Å². The number of para-hydroxylation sites is 1. The molecular weight excluding hydrogens is 312 g/mol. The van der Waals surface area contributed by atoms with Gasteiger partial charge in [-0.15, -0.1) is 0 Å². The number of hydrogen-bond donors (Lipinski definition) is 1. The number of nitrogens with zero attached hydrogens (tertiary/aromatic N) is 1. The second-order valence-electron chi connectivity index (χ2n) is 6.38. The number of aryl methyl sites for hydroxylation is 1. The topological polar surface area (TPSA) is 64.4 Å². The van der Waals surface area contributed by atoms with Gasteiger partial charge in [0.25, 0.3) is 5.91 Å². The molecule has 2 aromatic rings. The average Bonchev–Trinajstić information content (AvgIpc) is 3.12. The molecule has 1 aromatic heterocycles. The number of thioether (sulfide) groups is 1. The van der Waals surface area contributed by atoms with Crippen molar-refractivity contribution in [3.63, 3.8) is 0 Å². The molecule has 2 aliphatic heterocycles. The zero-order chi connectivity index (χ0) is 15.9. The highest BCUT2D eigenvalue weighted by Crippen LogP contribution is 2.38. The van der Waals surface area contributed by atoms with Crippen LogP contribution in [-0.4, -0.2) is 40.6 Å². The van der Waals surface area contributed by atoms with E-state index < -0.39 is 0 Å². The Morgan fingerprint density at radius 2 is 2.39 bits per heavy atom. The summed E-state index contributed by atoms with van der Waals surface area (Å²) in [5.74, 6) is 2.69. The summed E-state index contributed by atoms with van der Waals surface area (Å²) < 4.78 is 11.5. The molecule has 0 aliphatic carbocycles. The van der Waals surface area contributed by atoms with Crippen LogP contribution in [0.5, 0.6) is 0 Å². The Labute approximate surface area is 139 Å². The summed E-state index contributed by atoms with van der Waals surface area (Å²) in [6.07, 6.45) is 2.85. The molecule has 0 radical (unpaired) electrons. The Morgan fingerprint density at radius 3 is 3.22 bits per heavy atom. The van der Waals surface area contributed by atoms with Crippen LogP contribution in [0.4, 0.5) is 0 Å². The number of carbonyl (C=O) groups excluding carboxylic acids is 1. The van der Waals surface area contributed by atoms with Crippen molar-refractivity contribution in [1.82, 2.24) is 10.3 Å². The number of rotatable bonds is 2. The van der Waals surface area contributed by atoms with E-state index in [0.717, 1.165) is 37.4 Å². The van der Waals surface area contributed by atoms with Crippen molar-refractivity contribution in [2.45, 2.75) is 37.8 Å². The fourth-order valence-electron chi connectivity index (χ4n) is 3.52. The Morgan fingerprint density at radius 1 is 1.48 bits per heavy atom. The van der Waals surface area contributed by atoms with E-state index >= 15 is 0 Å². The quantitative estimate of drug-likeness (QED) is 0.916. The Bertz CT molecular complexity index is 737. The molecule has 1 spiro atoms. The number of ether oxygens (including phenoxy) is 1. The lowest BCUT2D eigenvalue weighted by Crippen LogP contribution is -2.48. The Hall–Kier alpha value is -1.53. The zero-order valence-corrected chi connectivity index (χ0v) is 13.9. The van der Waals surface area contributed by atoms with Crippen molar-refractivity contribution in [3.8, 4) is 0 Å². The van der Waals surface area contributed by atoms with Crippen LogP contribution in [0.25, 0.3) is 11.1 Å². The number of fused-ring (bicyclic) bond motifs is 1. The first-order valence-electron chi connectivity index (χ1n) is 8.04. The molecule has 5 nitrogen and oxygen atoms in total. The number of aromatic nitrogens is 1. The van der Waals surface area contributed by atoms with Gasteiger partial charge in [0.15, 0.2) is 11.5 Å². The van der Waals surface area contributed by atoms with Crippen LogP contribution in [0, 0.1) is 6.92 Å². The number of amides is 1. The van der Waals surface area contributed by atoms with E-state index in [0.29, 0.717) is 22.6 Å². The van der Waals surface area contributed by atoms with Crippen molar-refractivity contribution in [3.05, 3.63) is 29.7 Å². The van der Waals surface area contributed by atoms with Crippen LogP contribution in [0.1, 0.15) is 35.5 Å². The SMILES string of the molecule is Cc1nc2c(C(=O)N[C@@H]3CCO[C@@]4(CCSC4)C3)cccc2o1. The van der Waals surface area contributed by atoms with Gasteiger partial charge in [0.1, 0.15) is 5.52 Å². The van der Waals surface area contributed by atoms with Gasteiger partial charge in [0, 0.05) is 25.3 Å². The van der Waals surface area contributed by atoms with Gasteiger partial charge in [-0.05, 0) is 37.1 Å². The first-order valence-corrected chi connectivity index (χ1v) is 9.19. The van der Waals surface area contributed by atoms with E-state index in [1.54, 1.807) is 13.0 Å². The molecule has 6 heteroatoms. The number of carbonyl (C=O) groups is 1. The molecule has 1 amide bonds. The maximum absolute atomic E-state index is 12.7. The van der Waals surface area contributed by atoms with Gasteiger partial charge < -0.3 is 14.5 Å². The molecule has 4 rings (SSSR count). The summed E-state index contributed by atoms with van der Waals surface area (Å²) in [7, 11) is 0. The van der Waals surface area contributed by atoms with Crippen molar-refractivity contribution < 1.29 is 13.9 Å². The molecule has 1 aromatic carbocycles. The zero-order valence-electron chi connectivity index (χ0n) is 13.1. The van der Waals surface area contributed by atoms with Crippen LogP contribution < -0.4 is 5.32 Å². The fraction of sp³-hybridized carbons (Fsp3) is 0.529. The molecule has 2 aliphatic rings. The summed E-state index contributed by atoms with van der Waals surface area (Å²) in [5.41, 5.74) is 1.85. The minimum absolute atomic E-state index is 0.0304. The van der Waals surface area contributed by atoms with Crippen molar-refractivity contribution in [1.29, 1.82) is 0 Å². The maximum Gasteiger partial charge on any atom is 0.253 e. The Balaban J connectivity index is 1.52. The summed E-state index contributed by atoms with van der Waals surface area (Å²) in [5, 5.41) is 3.18.